The second-order valence-corrected chi connectivity index (χ2v) is 8.60. The number of para-hydroxylation sites is 1. The van der Waals surface area contributed by atoms with Gasteiger partial charge in [0.15, 0.2) is 0 Å². The summed E-state index contributed by atoms with van der Waals surface area (Å²) >= 11 is 0. The van der Waals surface area contributed by atoms with Gasteiger partial charge in [-0.1, -0.05) is 19.1 Å². The van der Waals surface area contributed by atoms with E-state index >= 15 is 0 Å². The van der Waals surface area contributed by atoms with Crippen LogP contribution in [0.4, 0.5) is 0 Å². The second-order valence-electron chi connectivity index (χ2n) is 8.60. The lowest BCUT2D eigenvalue weighted by Crippen LogP contribution is -2.50. The lowest BCUT2D eigenvalue weighted by molar-refractivity contribution is -0.133. The molecule has 1 aromatic heterocycles. The number of aromatic hydroxyl groups is 1. The minimum atomic E-state index is -0.484. The van der Waals surface area contributed by atoms with Gasteiger partial charge in [0.2, 0.25) is 5.91 Å². The Labute approximate surface area is 169 Å². The number of benzene rings is 1. The number of amides is 2. The Morgan fingerprint density at radius 1 is 1.28 bits per heavy atom. The number of H-pyrrole nitrogens is 1. The Kier molecular flexibility index (Phi) is 4.15. The first-order chi connectivity index (χ1) is 14.0. The molecule has 2 bridgehead atoms. The maximum Gasteiger partial charge on any atom is 0.272 e. The van der Waals surface area contributed by atoms with E-state index in [1.165, 1.54) is 0 Å². The van der Waals surface area contributed by atoms with Gasteiger partial charge in [-0.25, -0.2) is 0 Å². The third-order valence-corrected chi connectivity index (χ3v) is 6.96. The van der Waals surface area contributed by atoms with Crippen LogP contribution in [0.1, 0.15) is 55.9 Å². The monoisotopic (exact) mass is 394 g/mol. The predicted octanol–water partition coefficient (Wildman–Crippen LogP) is 2.83. The highest BCUT2D eigenvalue weighted by Crippen LogP contribution is 2.52. The van der Waals surface area contributed by atoms with E-state index in [4.69, 9.17) is 0 Å². The van der Waals surface area contributed by atoms with Crippen LogP contribution < -0.4 is 5.32 Å². The molecule has 1 aromatic carbocycles. The van der Waals surface area contributed by atoms with Crippen molar-refractivity contribution in [3.8, 4) is 17.0 Å². The van der Waals surface area contributed by atoms with Crippen LogP contribution in [0.5, 0.6) is 5.75 Å². The molecule has 0 spiro atoms. The summed E-state index contributed by atoms with van der Waals surface area (Å²) < 4.78 is 0. The van der Waals surface area contributed by atoms with E-state index in [0.717, 1.165) is 38.5 Å². The molecule has 2 saturated heterocycles. The number of carbonyl (C=O) groups is 2. The van der Waals surface area contributed by atoms with Crippen molar-refractivity contribution >= 4 is 11.8 Å². The van der Waals surface area contributed by atoms with Crippen LogP contribution in [-0.4, -0.2) is 50.1 Å². The Hall–Kier alpha value is -2.83. The lowest BCUT2D eigenvalue weighted by atomic mass is 9.71. The average molecular weight is 394 g/mol. The minimum Gasteiger partial charge on any atom is -0.507 e. The van der Waals surface area contributed by atoms with Crippen LogP contribution in [0.2, 0.25) is 0 Å². The number of hydrogen-bond acceptors (Lipinski definition) is 4. The number of hydrogen-bond donors (Lipinski definition) is 3. The second kappa shape index (κ2) is 6.61. The maximum atomic E-state index is 13.4. The van der Waals surface area contributed by atoms with Gasteiger partial charge in [0, 0.05) is 23.7 Å². The van der Waals surface area contributed by atoms with E-state index in [-0.39, 0.29) is 29.6 Å². The average Bonchev–Trinajstić information content (AvgIpc) is 3.16. The molecule has 2 aliphatic heterocycles. The molecule has 7 nitrogen and oxygen atoms in total. The highest BCUT2D eigenvalue weighted by molar-refractivity contribution is 5.96. The number of phenols is 1. The molecule has 1 saturated carbocycles. The Morgan fingerprint density at radius 2 is 2.07 bits per heavy atom. The van der Waals surface area contributed by atoms with Gasteiger partial charge in [-0.15, -0.1) is 0 Å². The molecule has 5 rings (SSSR count). The number of aromatic nitrogens is 2. The lowest BCUT2D eigenvalue weighted by Gasteiger charge is -2.35. The van der Waals surface area contributed by atoms with Crippen molar-refractivity contribution in [3.05, 3.63) is 36.0 Å². The fourth-order valence-corrected chi connectivity index (χ4v) is 5.23. The van der Waals surface area contributed by atoms with Crippen LogP contribution >= 0.6 is 0 Å². The van der Waals surface area contributed by atoms with Gasteiger partial charge in [0.05, 0.1) is 11.1 Å². The molecule has 1 aliphatic carbocycles. The fraction of sp³-hybridized carbons (Fsp3) is 0.500. The number of carbonyl (C=O) groups excluding carboxylic acids is 2. The van der Waals surface area contributed by atoms with E-state index in [2.05, 4.69) is 22.4 Å². The zero-order valence-electron chi connectivity index (χ0n) is 16.5. The first-order valence-corrected chi connectivity index (χ1v) is 10.5. The van der Waals surface area contributed by atoms with Crippen molar-refractivity contribution in [1.82, 2.24) is 20.4 Å². The van der Waals surface area contributed by atoms with Crippen LogP contribution in [0.25, 0.3) is 11.3 Å². The third-order valence-electron chi connectivity index (χ3n) is 6.96. The van der Waals surface area contributed by atoms with Crippen molar-refractivity contribution in [3.63, 3.8) is 0 Å². The van der Waals surface area contributed by atoms with Crippen LogP contribution in [0.3, 0.4) is 0 Å². The Balaban J connectivity index is 1.41. The van der Waals surface area contributed by atoms with E-state index in [1.807, 2.05) is 11.0 Å². The standard InChI is InChI=1S/C22H26N4O3/c1-2-22(21(29)23-13-7-8-13)12-14-9-10-19(22)26(14)20(28)17-11-16(24-25-17)15-5-3-4-6-18(15)27/h3-6,11,13-14,19,27H,2,7-10,12H2,1H3,(H,23,29)(H,24,25)/t14-,19+,22+/m1/s1. The van der Waals surface area contributed by atoms with Gasteiger partial charge >= 0.3 is 0 Å². The first kappa shape index (κ1) is 18.2. The Bertz CT molecular complexity index is 966. The van der Waals surface area contributed by atoms with Crippen molar-refractivity contribution in [2.24, 2.45) is 5.41 Å². The summed E-state index contributed by atoms with van der Waals surface area (Å²) in [6.45, 7) is 2.06. The number of rotatable bonds is 5. The molecule has 152 valence electrons. The van der Waals surface area contributed by atoms with Crippen molar-refractivity contribution in [2.75, 3.05) is 0 Å². The summed E-state index contributed by atoms with van der Waals surface area (Å²) in [4.78, 5) is 28.3. The number of nitrogens with zero attached hydrogens (tertiary/aromatic N) is 2. The molecule has 3 heterocycles. The quantitative estimate of drug-likeness (QED) is 0.726. The van der Waals surface area contributed by atoms with Crippen LogP contribution in [0, 0.1) is 5.41 Å². The van der Waals surface area contributed by atoms with Crippen molar-refractivity contribution in [2.45, 2.75) is 63.6 Å². The highest BCUT2D eigenvalue weighted by atomic mass is 16.3. The van der Waals surface area contributed by atoms with Crippen LogP contribution in [0.15, 0.2) is 30.3 Å². The van der Waals surface area contributed by atoms with E-state index in [1.54, 1.807) is 24.3 Å². The van der Waals surface area contributed by atoms with Crippen molar-refractivity contribution < 1.29 is 14.7 Å². The zero-order valence-corrected chi connectivity index (χ0v) is 16.5. The molecule has 3 aliphatic rings. The van der Waals surface area contributed by atoms with Gasteiger partial charge in [-0.05, 0) is 56.7 Å². The topological polar surface area (TPSA) is 98.3 Å². The van der Waals surface area contributed by atoms with E-state index in [9.17, 15) is 14.7 Å². The summed E-state index contributed by atoms with van der Waals surface area (Å²) in [6.07, 6.45) is 5.40. The largest absolute Gasteiger partial charge is 0.507 e. The van der Waals surface area contributed by atoms with Gasteiger partial charge < -0.3 is 15.3 Å². The normalized spacial score (nSPS) is 28.0. The number of aromatic amines is 1. The van der Waals surface area contributed by atoms with E-state index in [0.29, 0.717) is 23.0 Å². The summed E-state index contributed by atoms with van der Waals surface area (Å²) in [5.74, 6) is 0.134. The van der Waals surface area contributed by atoms with Gasteiger partial charge in [-0.3, -0.25) is 14.7 Å². The number of phenolic OH excluding ortho intramolecular Hbond substituents is 1. The smallest absolute Gasteiger partial charge is 0.272 e. The molecule has 0 unspecified atom stereocenters. The van der Waals surface area contributed by atoms with Gasteiger partial charge in [0.25, 0.3) is 5.91 Å². The third kappa shape index (κ3) is 2.82. The molecular weight excluding hydrogens is 368 g/mol. The minimum absolute atomic E-state index is 0.0689. The van der Waals surface area contributed by atoms with Gasteiger partial charge in [-0.2, -0.15) is 5.10 Å². The molecule has 7 heteroatoms. The first-order valence-electron chi connectivity index (χ1n) is 10.5. The molecule has 2 amide bonds. The summed E-state index contributed by atoms with van der Waals surface area (Å²) in [5.41, 5.74) is 1.03. The molecule has 2 aromatic rings. The fourth-order valence-electron chi connectivity index (χ4n) is 5.23. The molecule has 0 radical (unpaired) electrons. The predicted molar refractivity (Wildman–Crippen MR) is 107 cm³/mol. The SMILES string of the molecule is CC[C@]1(C(=O)NC2CC2)C[C@H]2CC[C@@H]1N2C(=O)c1cc(-c2ccccc2O)n[nH]1. The molecule has 3 atom stereocenters. The zero-order chi connectivity index (χ0) is 20.2. The summed E-state index contributed by atoms with van der Waals surface area (Å²) in [5, 5.41) is 20.3. The summed E-state index contributed by atoms with van der Waals surface area (Å²) in [7, 11) is 0. The number of nitrogens with one attached hydrogen (secondary N) is 2. The maximum absolute atomic E-state index is 13.4. The number of fused-ring (bicyclic) bond motifs is 2. The molecular formula is C22H26N4O3. The molecule has 3 fully saturated rings. The van der Waals surface area contributed by atoms with Gasteiger partial charge in [0.1, 0.15) is 11.4 Å². The van der Waals surface area contributed by atoms with Crippen molar-refractivity contribution in [1.29, 1.82) is 0 Å². The van der Waals surface area contributed by atoms with E-state index < -0.39 is 5.41 Å². The molecule has 29 heavy (non-hydrogen) atoms. The van der Waals surface area contributed by atoms with Crippen LogP contribution in [-0.2, 0) is 4.79 Å². The highest BCUT2D eigenvalue weighted by Gasteiger charge is 2.60. The Morgan fingerprint density at radius 3 is 2.79 bits per heavy atom. The molecule has 3 N–H and O–H groups in total. The summed E-state index contributed by atoms with van der Waals surface area (Å²) in [6, 6.07) is 8.96.